The van der Waals surface area contributed by atoms with Gasteiger partial charge >= 0.3 is 6.09 Å². The Morgan fingerprint density at radius 3 is 2.45 bits per heavy atom. The molecule has 5 rings (SSSR count). The molecule has 1 aliphatic carbocycles. The minimum absolute atomic E-state index is 0.0658. The maximum absolute atomic E-state index is 10.8. The molecule has 0 bridgehead atoms. The predicted molar refractivity (Wildman–Crippen MR) is 119 cm³/mol. The number of rotatable bonds is 5. The monoisotopic (exact) mass is 423 g/mol. The number of carbonyl (C=O) groups is 1. The SMILES string of the molecule is C1CC1.COC1CCN(Cc2ccc(-c3cccc4nc(NC(=O)O)nn34)cc2)CC1. The van der Waals surface area contributed by atoms with Crippen molar-refractivity contribution < 1.29 is 14.6 Å². The van der Waals surface area contributed by atoms with Crippen LogP contribution in [0.1, 0.15) is 37.7 Å². The molecule has 3 aromatic rings. The fraction of sp³-hybridized carbons (Fsp3) is 0.435. The molecule has 1 amide bonds. The van der Waals surface area contributed by atoms with Crippen LogP contribution in [0.5, 0.6) is 0 Å². The molecule has 2 aliphatic rings. The van der Waals surface area contributed by atoms with Crippen LogP contribution in [0.15, 0.2) is 42.5 Å². The summed E-state index contributed by atoms with van der Waals surface area (Å²) in [5.41, 5.74) is 3.71. The van der Waals surface area contributed by atoms with Crippen LogP contribution in [-0.4, -0.2) is 57.0 Å². The van der Waals surface area contributed by atoms with Gasteiger partial charge < -0.3 is 9.84 Å². The fourth-order valence-electron chi connectivity index (χ4n) is 3.61. The number of piperidine rings is 1. The Morgan fingerprint density at radius 1 is 1.13 bits per heavy atom. The van der Waals surface area contributed by atoms with Crippen molar-refractivity contribution in [2.24, 2.45) is 0 Å². The number of aromatic nitrogens is 3. The van der Waals surface area contributed by atoms with Gasteiger partial charge in [0.1, 0.15) is 0 Å². The van der Waals surface area contributed by atoms with Gasteiger partial charge in [0.25, 0.3) is 5.95 Å². The smallest absolute Gasteiger partial charge is 0.411 e. The van der Waals surface area contributed by atoms with E-state index in [4.69, 9.17) is 9.84 Å². The Hall–Kier alpha value is -2.97. The molecule has 1 aliphatic heterocycles. The van der Waals surface area contributed by atoms with Crippen molar-refractivity contribution >= 4 is 17.7 Å². The van der Waals surface area contributed by atoms with E-state index in [2.05, 4.69) is 44.6 Å². The van der Waals surface area contributed by atoms with E-state index in [0.717, 1.165) is 43.7 Å². The summed E-state index contributed by atoms with van der Waals surface area (Å²) in [6.45, 7) is 3.03. The summed E-state index contributed by atoms with van der Waals surface area (Å²) in [4.78, 5) is 17.5. The standard InChI is InChI=1S/C20H23N5O3.C3H6/c1-28-16-9-11-24(12-10-16)13-14-5-7-15(8-6-14)17-3-2-4-18-21-19(22-20(26)27)23-25(17)18;1-2-3-1/h2-8,16H,9-13H2,1H3,(H,22,23)(H,26,27);1-3H2. The van der Waals surface area contributed by atoms with Crippen LogP contribution in [0.25, 0.3) is 16.9 Å². The quantitative estimate of drug-likeness (QED) is 0.637. The van der Waals surface area contributed by atoms with Gasteiger partial charge in [-0.25, -0.2) is 9.31 Å². The third kappa shape index (κ3) is 5.80. The van der Waals surface area contributed by atoms with Crippen LogP contribution in [-0.2, 0) is 11.3 Å². The van der Waals surface area contributed by atoms with Crippen molar-refractivity contribution in [1.29, 1.82) is 0 Å². The molecule has 8 nitrogen and oxygen atoms in total. The van der Waals surface area contributed by atoms with E-state index in [0.29, 0.717) is 11.8 Å². The Morgan fingerprint density at radius 2 is 1.84 bits per heavy atom. The maximum atomic E-state index is 10.8. The molecule has 3 heterocycles. The maximum Gasteiger partial charge on any atom is 0.411 e. The minimum Gasteiger partial charge on any atom is -0.465 e. The van der Waals surface area contributed by atoms with Crippen molar-refractivity contribution in [1.82, 2.24) is 19.5 Å². The average Bonchev–Trinajstić information content (AvgIpc) is 3.61. The van der Waals surface area contributed by atoms with Gasteiger partial charge in [-0.2, -0.15) is 4.98 Å². The fourth-order valence-corrected chi connectivity index (χ4v) is 3.61. The first-order valence-corrected chi connectivity index (χ1v) is 10.8. The number of amides is 1. The number of carboxylic acid groups (broad SMARTS) is 1. The summed E-state index contributed by atoms with van der Waals surface area (Å²) >= 11 is 0. The molecule has 2 N–H and O–H groups in total. The van der Waals surface area contributed by atoms with E-state index in [1.165, 1.54) is 24.8 Å². The van der Waals surface area contributed by atoms with E-state index in [1.807, 2.05) is 12.1 Å². The van der Waals surface area contributed by atoms with Crippen LogP contribution in [0.2, 0.25) is 0 Å². The molecule has 1 saturated heterocycles. The van der Waals surface area contributed by atoms with Gasteiger partial charge in [-0.05, 0) is 30.5 Å². The Kier molecular flexibility index (Phi) is 6.79. The zero-order valence-electron chi connectivity index (χ0n) is 17.8. The molecule has 0 unspecified atom stereocenters. The summed E-state index contributed by atoms with van der Waals surface area (Å²) in [7, 11) is 1.79. The van der Waals surface area contributed by atoms with Gasteiger partial charge in [-0.1, -0.05) is 49.6 Å². The van der Waals surface area contributed by atoms with Crippen molar-refractivity contribution in [2.75, 3.05) is 25.5 Å². The number of fused-ring (bicyclic) bond motifs is 1. The normalized spacial score (nSPS) is 16.5. The van der Waals surface area contributed by atoms with E-state index in [-0.39, 0.29) is 5.95 Å². The Labute approximate surface area is 181 Å². The number of ether oxygens (including phenoxy) is 1. The summed E-state index contributed by atoms with van der Waals surface area (Å²) in [6, 6.07) is 14.0. The third-order valence-corrected chi connectivity index (χ3v) is 5.46. The van der Waals surface area contributed by atoms with Crippen molar-refractivity contribution in [3.63, 3.8) is 0 Å². The molecule has 164 valence electrons. The summed E-state index contributed by atoms with van der Waals surface area (Å²) in [5.74, 6) is 0.0658. The number of pyridine rings is 1. The summed E-state index contributed by atoms with van der Waals surface area (Å²) in [5, 5.41) is 15.3. The Balaban J connectivity index is 0.000000710. The van der Waals surface area contributed by atoms with Crippen LogP contribution < -0.4 is 5.32 Å². The van der Waals surface area contributed by atoms with Gasteiger partial charge in [-0.15, -0.1) is 5.10 Å². The van der Waals surface area contributed by atoms with Gasteiger partial charge in [0, 0.05) is 32.3 Å². The van der Waals surface area contributed by atoms with E-state index >= 15 is 0 Å². The average molecular weight is 424 g/mol. The molecule has 0 atom stereocenters. The molecular weight excluding hydrogens is 394 g/mol. The third-order valence-electron chi connectivity index (χ3n) is 5.46. The second kappa shape index (κ2) is 9.89. The van der Waals surface area contributed by atoms with Crippen LogP contribution >= 0.6 is 0 Å². The largest absolute Gasteiger partial charge is 0.465 e. The lowest BCUT2D eigenvalue weighted by Gasteiger charge is -2.31. The van der Waals surface area contributed by atoms with Crippen molar-refractivity contribution in [3.05, 3.63) is 48.0 Å². The lowest BCUT2D eigenvalue weighted by molar-refractivity contribution is 0.0388. The van der Waals surface area contributed by atoms with E-state index < -0.39 is 6.09 Å². The van der Waals surface area contributed by atoms with Crippen LogP contribution in [0, 0.1) is 0 Å². The molecule has 2 aromatic heterocycles. The van der Waals surface area contributed by atoms with Crippen molar-refractivity contribution in [3.8, 4) is 11.3 Å². The molecule has 1 aromatic carbocycles. The minimum atomic E-state index is -1.18. The van der Waals surface area contributed by atoms with Gasteiger partial charge in [0.05, 0.1) is 11.8 Å². The summed E-state index contributed by atoms with van der Waals surface area (Å²) < 4.78 is 7.08. The predicted octanol–water partition coefficient (Wildman–Crippen LogP) is 4.27. The number of likely N-dealkylation sites (tertiary alicyclic amines) is 1. The van der Waals surface area contributed by atoms with E-state index in [1.54, 1.807) is 17.7 Å². The highest BCUT2D eigenvalue weighted by Gasteiger charge is 2.18. The molecule has 0 radical (unpaired) electrons. The zero-order valence-corrected chi connectivity index (χ0v) is 17.8. The topological polar surface area (TPSA) is 92.0 Å². The molecule has 2 fully saturated rings. The van der Waals surface area contributed by atoms with Crippen molar-refractivity contribution in [2.45, 2.75) is 44.8 Å². The van der Waals surface area contributed by atoms with Gasteiger partial charge in [0.15, 0.2) is 5.65 Å². The highest BCUT2D eigenvalue weighted by atomic mass is 16.5. The number of methoxy groups -OCH3 is 1. The first-order chi connectivity index (χ1) is 15.1. The molecule has 31 heavy (non-hydrogen) atoms. The van der Waals surface area contributed by atoms with E-state index in [9.17, 15) is 4.79 Å². The second-order valence-corrected chi connectivity index (χ2v) is 8.02. The number of anilines is 1. The Bertz CT molecular complexity index is 1000. The number of benzene rings is 1. The molecular formula is C23H29N5O3. The lowest BCUT2D eigenvalue weighted by atomic mass is 10.1. The number of hydrogen-bond acceptors (Lipinski definition) is 5. The second-order valence-electron chi connectivity index (χ2n) is 8.02. The lowest BCUT2D eigenvalue weighted by Crippen LogP contribution is -2.36. The van der Waals surface area contributed by atoms with Gasteiger partial charge in [0.2, 0.25) is 0 Å². The first kappa shape index (κ1) is 21.3. The highest BCUT2D eigenvalue weighted by Crippen LogP contribution is 2.23. The first-order valence-electron chi connectivity index (χ1n) is 10.8. The highest BCUT2D eigenvalue weighted by molar-refractivity contribution is 5.80. The van der Waals surface area contributed by atoms with Gasteiger partial charge in [-0.3, -0.25) is 10.2 Å². The number of nitrogens with one attached hydrogen (secondary N) is 1. The number of nitrogens with zero attached hydrogens (tertiary/aromatic N) is 4. The molecule has 1 saturated carbocycles. The summed E-state index contributed by atoms with van der Waals surface area (Å²) in [6.07, 6.45) is 5.86. The molecule has 8 heteroatoms. The van der Waals surface area contributed by atoms with Crippen LogP contribution in [0.4, 0.5) is 10.7 Å². The zero-order chi connectivity index (χ0) is 21.6. The van der Waals surface area contributed by atoms with Crippen LogP contribution in [0.3, 0.4) is 0 Å². The molecule has 0 spiro atoms. The number of hydrogen-bond donors (Lipinski definition) is 2.